The largest absolute Gasteiger partial charge is 0.480 e. The topological polar surface area (TPSA) is 77.2 Å². The first-order valence-corrected chi connectivity index (χ1v) is 6.20. The molecule has 1 rings (SSSR count). The Labute approximate surface area is 113 Å². The molecule has 0 saturated heterocycles. The number of pyridine rings is 1. The van der Waals surface area contributed by atoms with Crippen LogP contribution in [0.4, 0.5) is 5.69 Å². The summed E-state index contributed by atoms with van der Waals surface area (Å²) >= 11 is 0. The van der Waals surface area contributed by atoms with Gasteiger partial charge in [-0.1, -0.05) is 13.8 Å². The number of hydrogen-bond acceptors (Lipinski definition) is 4. The van der Waals surface area contributed by atoms with Crippen LogP contribution in [0, 0.1) is 31.1 Å². The number of hydrogen-bond donors (Lipinski definition) is 1. The van der Waals surface area contributed by atoms with Crippen LogP contribution < -0.4 is 4.90 Å². The fourth-order valence-electron chi connectivity index (χ4n) is 2.05. The molecule has 1 aromatic rings. The third kappa shape index (κ3) is 3.95. The molecule has 0 aliphatic rings. The summed E-state index contributed by atoms with van der Waals surface area (Å²) < 4.78 is 0. The molecule has 0 radical (unpaired) electrons. The van der Waals surface area contributed by atoms with Gasteiger partial charge in [0.25, 0.3) is 0 Å². The van der Waals surface area contributed by atoms with Crippen LogP contribution in [0.1, 0.15) is 30.8 Å². The zero-order chi connectivity index (χ0) is 14.6. The maximum Gasteiger partial charge on any atom is 0.323 e. The molecule has 102 valence electrons. The Morgan fingerprint density at radius 3 is 2.63 bits per heavy atom. The van der Waals surface area contributed by atoms with Crippen molar-refractivity contribution in [2.75, 3.05) is 18.0 Å². The van der Waals surface area contributed by atoms with Crippen molar-refractivity contribution in [3.63, 3.8) is 0 Å². The van der Waals surface area contributed by atoms with E-state index in [1.54, 1.807) is 17.9 Å². The quantitative estimate of drug-likeness (QED) is 0.878. The van der Waals surface area contributed by atoms with E-state index < -0.39 is 5.97 Å². The molecule has 0 aromatic carbocycles. The molecule has 0 amide bonds. The van der Waals surface area contributed by atoms with Gasteiger partial charge in [-0.2, -0.15) is 5.26 Å². The van der Waals surface area contributed by atoms with E-state index in [0.717, 1.165) is 5.69 Å². The van der Waals surface area contributed by atoms with E-state index in [1.807, 2.05) is 20.8 Å². The summed E-state index contributed by atoms with van der Waals surface area (Å²) in [5.41, 5.74) is 2.53. The van der Waals surface area contributed by atoms with Gasteiger partial charge in [-0.3, -0.25) is 9.78 Å². The second-order valence-electron chi connectivity index (χ2n) is 5.02. The monoisotopic (exact) mass is 261 g/mol. The second-order valence-corrected chi connectivity index (χ2v) is 5.02. The van der Waals surface area contributed by atoms with Crippen LogP contribution in [-0.4, -0.2) is 29.1 Å². The van der Waals surface area contributed by atoms with Crippen molar-refractivity contribution in [1.82, 2.24) is 4.98 Å². The average molecular weight is 261 g/mol. The summed E-state index contributed by atoms with van der Waals surface area (Å²) in [5.74, 6) is -0.601. The van der Waals surface area contributed by atoms with E-state index in [0.29, 0.717) is 29.4 Å². The number of carboxylic acid groups (broad SMARTS) is 1. The Balaban J connectivity index is 3.28. The Hall–Kier alpha value is -2.09. The summed E-state index contributed by atoms with van der Waals surface area (Å²) in [4.78, 5) is 17.0. The first-order chi connectivity index (χ1) is 8.85. The van der Waals surface area contributed by atoms with Crippen molar-refractivity contribution in [2.24, 2.45) is 5.92 Å². The van der Waals surface area contributed by atoms with Crippen molar-refractivity contribution in [3.05, 3.63) is 23.0 Å². The van der Waals surface area contributed by atoms with Crippen molar-refractivity contribution in [1.29, 1.82) is 5.26 Å². The zero-order valence-electron chi connectivity index (χ0n) is 11.8. The van der Waals surface area contributed by atoms with Crippen LogP contribution in [0.2, 0.25) is 0 Å². The van der Waals surface area contributed by atoms with Crippen LogP contribution in [0.3, 0.4) is 0 Å². The number of nitriles is 1. The number of rotatable bonds is 5. The summed E-state index contributed by atoms with van der Waals surface area (Å²) in [6.07, 6.45) is 0. The van der Waals surface area contributed by atoms with Gasteiger partial charge < -0.3 is 10.0 Å². The minimum absolute atomic E-state index is 0.115. The van der Waals surface area contributed by atoms with Gasteiger partial charge in [0, 0.05) is 12.2 Å². The number of aliphatic carboxylic acids is 1. The number of aryl methyl sites for hydroxylation is 2. The van der Waals surface area contributed by atoms with Gasteiger partial charge in [0.1, 0.15) is 12.6 Å². The second kappa shape index (κ2) is 6.19. The summed E-state index contributed by atoms with van der Waals surface area (Å²) in [6.45, 7) is 8.11. The van der Waals surface area contributed by atoms with Crippen LogP contribution in [0.15, 0.2) is 6.07 Å². The standard InChI is InChI=1S/C14H19N3O2/c1-9(2)7-17(8-14(18)19)13-5-10(3)16-11(4)12(13)6-15/h5,9H,7-8H2,1-4H3,(H,18,19). The number of nitrogens with zero attached hydrogens (tertiary/aromatic N) is 3. The molecule has 0 fully saturated rings. The van der Waals surface area contributed by atoms with Crippen molar-refractivity contribution < 1.29 is 9.90 Å². The van der Waals surface area contributed by atoms with E-state index >= 15 is 0 Å². The fraction of sp³-hybridized carbons (Fsp3) is 0.500. The minimum atomic E-state index is -0.906. The normalized spacial score (nSPS) is 10.3. The average Bonchev–Trinajstić information content (AvgIpc) is 2.25. The number of carboxylic acids is 1. The molecule has 0 atom stereocenters. The van der Waals surface area contributed by atoms with Gasteiger partial charge in [-0.15, -0.1) is 0 Å². The molecule has 0 aliphatic carbocycles. The van der Waals surface area contributed by atoms with E-state index in [4.69, 9.17) is 5.11 Å². The molecule has 19 heavy (non-hydrogen) atoms. The highest BCUT2D eigenvalue weighted by molar-refractivity contribution is 5.75. The SMILES string of the molecule is Cc1cc(N(CC(=O)O)CC(C)C)c(C#N)c(C)n1. The van der Waals surface area contributed by atoms with Gasteiger partial charge in [0.2, 0.25) is 0 Å². The molecular formula is C14H19N3O2. The van der Waals surface area contributed by atoms with Gasteiger partial charge in [-0.25, -0.2) is 0 Å². The highest BCUT2D eigenvalue weighted by Crippen LogP contribution is 2.24. The number of anilines is 1. The predicted octanol–water partition coefficient (Wildman–Crippen LogP) is 2.12. The lowest BCUT2D eigenvalue weighted by atomic mass is 10.1. The van der Waals surface area contributed by atoms with Crippen molar-refractivity contribution >= 4 is 11.7 Å². The van der Waals surface area contributed by atoms with Gasteiger partial charge in [0.15, 0.2) is 0 Å². The smallest absolute Gasteiger partial charge is 0.323 e. The molecule has 0 aliphatic heterocycles. The Morgan fingerprint density at radius 1 is 1.53 bits per heavy atom. The van der Waals surface area contributed by atoms with Gasteiger partial charge >= 0.3 is 5.97 Å². The number of aromatic nitrogens is 1. The van der Waals surface area contributed by atoms with E-state index in [2.05, 4.69) is 11.1 Å². The molecule has 0 unspecified atom stereocenters. The van der Waals surface area contributed by atoms with Crippen molar-refractivity contribution in [2.45, 2.75) is 27.7 Å². The highest BCUT2D eigenvalue weighted by Gasteiger charge is 2.18. The summed E-state index contributed by atoms with van der Waals surface area (Å²) in [7, 11) is 0. The molecule has 5 heteroatoms. The summed E-state index contributed by atoms with van der Waals surface area (Å²) in [6, 6.07) is 3.90. The maximum atomic E-state index is 11.0. The van der Waals surface area contributed by atoms with Crippen LogP contribution in [-0.2, 0) is 4.79 Å². The molecule has 1 aromatic heterocycles. The lowest BCUT2D eigenvalue weighted by molar-refractivity contribution is -0.135. The molecule has 5 nitrogen and oxygen atoms in total. The Kier molecular flexibility index (Phi) is 4.87. The zero-order valence-corrected chi connectivity index (χ0v) is 11.8. The Morgan fingerprint density at radius 2 is 2.16 bits per heavy atom. The van der Waals surface area contributed by atoms with Gasteiger partial charge in [-0.05, 0) is 25.8 Å². The van der Waals surface area contributed by atoms with Crippen LogP contribution >= 0.6 is 0 Å². The molecule has 0 saturated carbocycles. The first kappa shape index (κ1) is 15.0. The first-order valence-electron chi connectivity index (χ1n) is 6.20. The molecule has 0 bridgehead atoms. The number of carbonyl (C=O) groups is 1. The summed E-state index contributed by atoms with van der Waals surface area (Å²) in [5, 5.41) is 18.3. The highest BCUT2D eigenvalue weighted by atomic mass is 16.4. The van der Waals surface area contributed by atoms with E-state index in [-0.39, 0.29) is 6.54 Å². The third-order valence-corrected chi connectivity index (χ3v) is 2.67. The predicted molar refractivity (Wildman–Crippen MR) is 73.1 cm³/mol. The third-order valence-electron chi connectivity index (χ3n) is 2.67. The van der Waals surface area contributed by atoms with E-state index in [1.165, 1.54) is 0 Å². The Bertz CT molecular complexity index is 518. The van der Waals surface area contributed by atoms with Crippen LogP contribution in [0.25, 0.3) is 0 Å². The molecule has 1 N–H and O–H groups in total. The lowest BCUT2D eigenvalue weighted by Gasteiger charge is -2.26. The van der Waals surface area contributed by atoms with Crippen LogP contribution in [0.5, 0.6) is 0 Å². The van der Waals surface area contributed by atoms with E-state index in [9.17, 15) is 10.1 Å². The molecule has 1 heterocycles. The maximum absolute atomic E-state index is 11.0. The van der Waals surface area contributed by atoms with Gasteiger partial charge in [0.05, 0.1) is 16.9 Å². The fourth-order valence-corrected chi connectivity index (χ4v) is 2.05. The lowest BCUT2D eigenvalue weighted by Crippen LogP contribution is -2.33. The molecule has 0 spiro atoms. The molecular weight excluding hydrogens is 242 g/mol. The minimum Gasteiger partial charge on any atom is -0.480 e. The van der Waals surface area contributed by atoms with Crippen molar-refractivity contribution in [3.8, 4) is 6.07 Å².